The van der Waals surface area contributed by atoms with Crippen LogP contribution in [0.15, 0.2) is 39.4 Å². The molecule has 1 amide bonds. The lowest BCUT2D eigenvalue weighted by Crippen LogP contribution is -2.15. The third kappa shape index (κ3) is 3.56. The number of nitrogens with zero attached hydrogens (tertiary/aromatic N) is 2. The zero-order chi connectivity index (χ0) is 15.6. The van der Waals surface area contributed by atoms with Gasteiger partial charge in [0.15, 0.2) is 0 Å². The molecular weight excluding hydrogens is 408 g/mol. The summed E-state index contributed by atoms with van der Waals surface area (Å²) in [5.41, 5.74) is 5.40. The van der Waals surface area contributed by atoms with Crippen LogP contribution in [0.4, 0.5) is 17.2 Å². The Kier molecular flexibility index (Phi) is 4.53. The Balaban J connectivity index is 2.36. The first-order valence-electron chi connectivity index (χ1n) is 5.55. The fourth-order valence-corrected chi connectivity index (χ4v) is 2.72. The average Bonchev–Trinajstić information content (AvgIpc) is 2.41. The zero-order valence-electron chi connectivity index (χ0n) is 10.3. The molecule has 1 heterocycles. The van der Waals surface area contributed by atoms with Gasteiger partial charge < -0.3 is 11.1 Å². The lowest BCUT2D eigenvalue weighted by atomic mass is 10.2. The van der Waals surface area contributed by atoms with Crippen LogP contribution in [0, 0.1) is 10.1 Å². The number of halogens is 2. The molecule has 108 valence electrons. The first-order chi connectivity index (χ1) is 9.88. The molecular formula is C12H8Br2N4O3. The van der Waals surface area contributed by atoms with Crippen molar-refractivity contribution in [2.75, 3.05) is 11.1 Å². The van der Waals surface area contributed by atoms with Crippen LogP contribution < -0.4 is 11.1 Å². The summed E-state index contributed by atoms with van der Waals surface area (Å²) in [5, 5.41) is 13.5. The second kappa shape index (κ2) is 6.19. The maximum absolute atomic E-state index is 12.2. The highest BCUT2D eigenvalue weighted by Gasteiger charge is 2.21. The largest absolute Gasteiger partial charge is 0.384 e. The van der Waals surface area contributed by atoms with Gasteiger partial charge in [-0.2, -0.15) is 0 Å². The van der Waals surface area contributed by atoms with E-state index in [9.17, 15) is 14.9 Å². The third-order valence-corrected chi connectivity index (χ3v) is 3.67. The number of hydrogen-bond donors (Lipinski definition) is 2. The Morgan fingerprint density at radius 1 is 1.33 bits per heavy atom. The highest BCUT2D eigenvalue weighted by atomic mass is 79.9. The number of nitrogens with one attached hydrogen (secondary N) is 1. The van der Waals surface area contributed by atoms with Crippen molar-refractivity contribution >= 4 is 55.0 Å². The molecule has 0 unspecified atom stereocenters. The number of benzene rings is 1. The van der Waals surface area contributed by atoms with E-state index >= 15 is 0 Å². The number of anilines is 2. The predicted octanol–water partition coefficient (Wildman–Crippen LogP) is 3.35. The summed E-state index contributed by atoms with van der Waals surface area (Å²) in [6.45, 7) is 0. The van der Waals surface area contributed by atoms with Crippen LogP contribution in [-0.4, -0.2) is 15.8 Å². The second-order valence-corrected chi connectivity index (χ2v) is 5.73. The van der Waals surface area contributed by atoms with Crippen LogP contribution in [0.1, 0.15) is 10.4 Å². The molecule has 0 bridgehead atoms. The van der Waals surface area contributed by atoms with Gasteiger partial charge in [-0.1, -0.05) is 15.9 Å². The summed E-state index contributed by atoms with van der Waals surface area (Å²) in [4.78, 5) is 26.1. The van der Waals surface area contributed by atoms with Gasteiger partial charge in [0, 0.05) is 8.95 Å². The molecule has 0 aliphatic carbocycles. The molecule has 1 aromatic heterocycles. The van der Waals surface area contributed by atoms with E-state index in [0.29, 0.717) is 10.2 Å². The van der Waals surface area contributed by atoms with Gasteiger partial charge in [0.1, 0.15) is 17.6 Å². The van der Waals surface area contributed by atoms with Gasteiger partial charge in [-0.15, -0.1) is 0 Å². The first kappa shape index (κ1) is 15.4. The fourth-order valence-electron chi connectivity index (χ4n) is 1.57. The normalized spacial score (nSPS) is 10.2. The molecule has 2 rings (SSSR count). The first-order valence-corrected chi connectivity index (χ1v) is 7.13. The van der Waals surface area contributed by atoms with E-state index in [1.165, 1.54) is 6.07 Å². The maximum Gasteiger partial charge on any atom is 0.300 e. The number of pyridine rings is 1. The van der Waals surface area contributed by atoms with E-state index in [4.69, 9.17) is 5.73 Å². The summed E-state index contributed by atoms with van der Waals surface area (Å²) in [6, 6.07) is 6.29. The summed E-state index contributed by atoms with van der Waals surface area (Å²) in [6.07, 6.45) is 0.959. The molecule has 0 fully saturated rings. The molecule has 0 saturated heterocycles. The lowest BCUT2D eigenvalue weighted by Gasteiger charge is -2.08. The van der Waals surface area contributed by atoms with Gasteiger partial charge in [0.05, 0.1) is 10.6 Å². The Morgan fingerprint density at radius 2 is 2.05 bits per heavy atom. The fraction of sp³-hybridized carbons (Fsp3) is 0. The number of nitrogen functional groups attached to an aromatic ring is 1. The van der Waals surface area contributed by atoms with Crippen molar-refractivity contribution in [2.45, 2.75) is 0 Å². The highest BCUT2D eigenvalue weighted by Crippen LogP contribution is 2.27. The standard InChI is InChI=1S/C12H8Br2N4O3/c13-6-1-2-9(8(14)3-6)17-12(19)7-4-11(15)16-5-10(7)18(20)21/h1-5H,(H2,15,16)(H,17,19). The Hall–Kier alpha value is -2.00. The van der Waals surface area contributed by atoms with Crippen molar-refractivity contribution in [1.82, 2.24) is 4.98 Å². The van der Waals surface area contributed by atoms with Crippen molar-refractivity contribution in [2.24, 2.45) is 0 Å². The number of aromatic nitrogens is 1. The molecule has 0 atom stereocenters. The number of rotatable bonds is 3. The smallest absolute Gasteiger partial charge is 0.300 e. The van der Waals surface area contributed by atoms with Gasteiger partial charge in [-0.05, 0) is 40.2 Å². The van der Waals surface area contributed by atoms with Crippen LogP contribution in [0.5, 0.6) is 0 Å². The van der Waals surface area contributed by atoms with E-state index in [2.05, 4.69) is 42.2 Å². The highest BCUT2D eigenvalue weighted by molar-refractivity contribution is 9.11. The molecule has 21 heavy (non-hydrogen) atoms. The quantitative estimate of drug-likeness (QED) is 0.589. The molecule has 0 aliphatic rings. The van der Waals surface area contributed by atoms with Crippen LogP contribution in [0.2, 0.25) is 0 Å². The molecule has 3 N–H and O–H groups in total. The van der Waals surface area contributed by atoms with Crippen LogP contribution in [0.3, 0.4) is 0 Å². The van der Waals surface area contributed by atoms with Gasteiger partial charge in [0.2, 0.25) is 0 Å². The summed E-state index contributed by atoms with van der Waals surface area (Å²) in [5.74, 6) is -0.612. The number of nitro groups is 1. The Morgan fingerprint density at radius 3 is 2.67 bits per heavy atom. The summed E-state index contributed by atoms with van der Waals surface area (Å²) < 4.78 is 1.46. The molecule has 0 saturated carbocycles. The molecule has 2 aromatic rings. The van der Waals surface area contributed by atoms with Gasteiger partial charge in [-0.3, -0.25) is 14.9 Å². The van der Waals surface area contributed by atoms with E-state index in [1.807, 2.05) is 0 Å². The summed E-state index contributed by atoms with van der Waals surface area (Å²) in [7, 11) is 0. The van der Waals surface area contributed by atoms with Gasteiger partial charge >= 0.3 is 0 Å². The van der Waals surface area contributed by atoms with Crippen molar-refractivity contribution in [1.29, 1.82) is 0 Å². The van der Waals surface area contributed by atoms with Crippen molar-refractivity contribution in [3.05, 3.63) is 55.1 Å². The minimum absolute atomic E-state index is 0.0284. The topological polar surface area (TPSA) is 111 Å². The molecule has 0 aliphatic heterocycles. The lowest BCUT2D eigenvalue weighted by molar-refractivity contribution is -0.385. The molecule has 7 nitrogen and oxygen atoms in total. The zero-order valence-corrected chi connectivity index (χ0v) is 13.5. The summed E-state index contributed by atoms with van der Waals surface area (Å²) >= 11 is 6.59. The third-order valence-electron chi connectivity index (χ3n) is 2.52. The number of carbonyl (C=O) groups is 1. The van der Waals surface area contributed by atoms with Crippen LogP contribution >= 0.6 is 31.9 Å². The second-order valence-electron chi connectivity index (χ2n) is 3.96. The molecule has 0 spiro atoms. The van der Waals surface area contributed by atoms with E-state index < -0.39 is 16.5 Å². The van der Waals surface area contributed by atoms with E-state index in [0.717, 1.165) is 10.7 Å². The minimum Gasteiger partial charge on any atom is -0.384 e. The average molecular weight is 416 g/mol. The Labute approximate surface area is 136 Å². The number of hydrogen-bond acceptors (Lipinski definition) is 5. The number of amides is 1. The van der Waals surface area contributed by atoms with Crippen molar-refractivity contribution in [3.8, 4) is 0 Å². The predicted molar refractivity (Wildman–Crippen MR) is 85.1 cm³/mol. The van der Waals surface area contributed by atoms with Crippen molar-refractivity contribution in [3.63, 3.8) is 0 Å². The van der Waals surface area contributed by atoms with E-state index in [1.54, 1.807) is 18.2 Å². The molecule has 1 aromatic carbocycles. The monoisotopic (exact) mass is 414 g/mol. The van der Waals surface area contributed by atoms with Gasteiger partial charge in [-0.25, -0.2) is 4.98 Å². The molecule has 9 heteroatoms. The maximum atomic E-state index is 12.2. The number of nitrogens with two attached hydrogens (primary N) is 1. The van der Waals surface area contributed by atoms with Crippen LogP contribution in [0.25, 0.3) is 0 Å². The number of carbonyl (C=O) groups excluding carboxylic acids is 1. The Bertz CT molecular complexity index is 736. The van der Waals surface area contributed by atoms with Crippen molar-refractivity contribution < 1.29 is 9.72 Å². The van der Waals surface area contributed by atoms with E-state index in [-0.39, 0.29) is 11.4 Å². The molecule has 0 radical (unpaired) electrons. The van der Waals surface area contributed by atoms with Crippen LogP contribution in [-0.2, 0) is 0 Å². The SMILES string of the molecule is Nc1cc(C(=O)Nc2ccc(Br)cc2Br)c([N+](=O)[O-])cn1. The minimum atomic E-state index is -0.683. The van der Waals surface area contributed by atoms with Gasteiger partial charge in [0.25, 0.3) is 11.6 Å².